The van der Waals surface area contributed by atoms with Gasteiger partial charge in [0.15, 0.2) is 11.6 Å². The van der Waals surface area contributed by atoms with E-state index in [1.54, 1.807) is 0 Å². The van der Waals surface area contributed by atoms with Gasteiger partial charge in [-0.25, -0.2) is 0 Å². The summed E-state index contributed by atoms with van der Waals surface area (Å²) < 4.78 is 37.2. The van der Waals surface area contributed by atoms with Crippen LogP contribution in [0.15, 0.2) is 24.3 Å². The Morgan fingerprint density at radius 2 is 1.74 bits per heavy atom. The lowest BCUT2D eigenvalue weighted by Crippen LogP contribution is -2.13. The molecule has 0 saturated heterocycles. The fraction of sp³-hybridized carbons (Fsp3) is 0.250. The highest BCUT2D eigenvalue weighted by Crippen LogP contribution is 2.29. The molecule has 1 aromatic carbocycles. The number of halogens is 3. The second kappa shape index (κ2) is 5.64. The minimum atomic E-state index is -4.58. The maximum Gasteiger partial charge on any atom is 0.416 e. The van der Waals surface area contributed by atoms with E-state index in [2.05, 4.69) is 0 Å². The summed E-state index contributed by atoms with van der Waals surface area (Å²) in [5.41, 5.74) is -1.27. The van der Waals surface area contributed by atoms with E-state index in [0.29, 0.717) is 6.07 Å². The number of rotatable bonds is 5. The first-order valence-electron chi connectivity index (χ1n) is 5.14. The van der Waals surface area contributed by atoms with Gasteiger partial charge in [-0.2, -0.15) is 13.2 Å². The summed E-state index contributed by atoms with van der Waals surface area (Å²) >= 11 is 0. The van der Waals surface area contributed by atoms with Gasteiger partial charge in [0.2, 0.25) is 0 Å². The van der Waals surface area contributed by atoms with E-state index < -0.39 is 42.1 Å². The molecule has 0 atom stereocenters. The number of benzene rings is 1. The number of aliphatic carboxylic acids is 1. The van der Waals surface area contributed by atoms with Crippen LogP contribution in [0, 0.1) is 0 Å². The topological polar surface area (TPSA) is 71.4 Å². The Kier molecular flexibility index (Phi) is 4.42. The third kappa shape index (κ3) is 4.53. The minimum absolute atomic E-state index is 0.270. The number of Topliss-reactive ketones (excluding diaryl/α,β-unsaturated/α-hetero) is 2. The Hall–Kier alpha value is -2.18. The molecule has 0 aliphatic carbocycles. The van der Waals surface area contributed by atoms with Crippen molar-refractivity contribution in [3.8, 4) is 0 Å². The van der Waals surface area contributed by atoms with Gasteiger partial charge in [0.1, 0.15) is 6.42 Å². The molecule has 0 aliphatic rings. The van der Waals surface area contributed by atoms with Gasteiger partial charge < -0.3 is 5.11 Å². The third-order valence-electron chi connectivity index (χ3n) is 2.22. The number of carboxylic acid groups (broad SMARTS) is 1. The van der Waals surface area contributed by atoms with Gasteiger partial charge in [0, 0.05) is 5.56 Å². The van der Waals surface area contributed by atoms with Crippen LogP contribution in [0.1, 0.15) is 28.8 Å². The molecule has 0 fully saturated rings. The van der Waals surface area contributed by atoms with Crippen molar-refractivity contribution in [2.75, 3.05) is 0 Å². The summed E-state index contributed by atoms with van der Waals surface area (Å²) in [6.07, 6.45) is -6.14. The van der Waals surface area contributed by atoms with Crippen molar-refractivity contribution in [1.29, 1.82) is 0 Å². The molecule has 0 bridgehead atoms. The zero-order valence-corrected chi connectivity index (χ0v) is 9.53. The van der Waals surface area contributed by atoms with Crippen LogP contribution < -0.4 is 0 Å². The predicted octanol–water partition coefficient (Wildman–Crippen LogP) is 2.32. The average Bonchev–Trinajstić information content (AvgIpc) is 2.26. The van der Waals surface area contributed by atoms with Crippen molar-refractivity contribution in [3.05, 3.63) is 35.4 Å². The zero-order chi connectivity index (χ0) is 14.6. The molecule has 1 N–H and O–H groups in total. The van der Waals surface area contributed by atoms with Gasteiger partial charge >= 0.3 is 12.1 Å². The minimum Gasteiger partial charge on any atom is -0.481 e. The second-order valence-electron chi connectivity index (χ2n) is 3.79. The molecule has 0 aliphatic heterocycles. The number of carbonyl (C=O) groups excluding carboxylic acids is 2. The van der Waals surface area contributed by atoms with Crippen molar-refractivity contribution in [1.82, 2.24) is 0 Å². The molecule has 102 valence electrons. The maximum absolute atomic E-state index is 12.4. The second-order valence-corrected chi connectivity index (χ2v) is 3.79. The molecule has 0 amide bonds. The first kappa shape index (κ1) is 14.9. The van der Waals surface area contributed by atoms with Crippen molar-refractivity contribution < 1.29 is 32.7 Å². The van der Waals surface area contributed by atoms with Crippen molar-refractivity contribution in [2.45, 2.75) is 19.0 Å². The molecule has 7 heteroatoms. The first-order chi connectivity index (χ1) is 8.70. The fourth-order valence-corrected chi connectivity index (χ4v) is 1.38. The van der Waals surface area contributed by atoms with E-state index in [4.69, 9.17) is 5.11 Å². The van der Waals surface area contributed by atoms with Gasteiger partial charge in [-0.3, -0.25) is 14.4 Å². The average molecular weight is 274 g/mol. The van der Waals surface area contributed by atoms with Gasteiger partial charge in [0.05, 0.1) is 12.0 Å². The first-order valence-corrected chi connectivity index (χ1v) is 5.14. The Balaban J connectivity index is 2.83. The quantitative estimate of drug-likeness (QED) is 0.660. The number of hydrogen-bond donors (Lipinski definition) is 1. The van der Waals surface area contributed by atoms with Crippen LogP contribution in [0.3, 0.4) is 0 Å². The van der Waals surface area contributed by atoms with Gasteiger partial charge in [-0.15, -0.1) is 0 Å². The molecule has 19 heavy (non-hydrogen) atoms. The highest BCUT2D eigenvalue weighted by atomic mass is 19.4. The zero-order valence-electron chi connectivity index (χ0n) is 9.53. The van der Waals surface area contributed by atoms with Gasteiger partial charge in [-0.1, -0.05) is 12.1 Å². The van der Waals surface area contributed by atoms with Crippen LogP contribution in [-0.4, -0.2) is 22.6 Å². The molecule has 4 nitrogen and oxygen atoms in total. The molecule has 0 saturated carbocycles. The lowest BCUT2D eigenvalue weighted by Gasteiger charge is -2.07. The largest absolute Gasteiger partial charge is 0.481 e. The van der Waals surface area contributed by atoms with E-state index in [-0.39, 0.29) is 5.56 Å². The van der Waals surface area contributed by atoms with E-state index in [9.17, 15) is 27.6 Å². The molecule has 0 unspecified atom stereocenters. The Bertz CT molecular complexity index is 520. The molecular formula is C12H9F3O4. The van der Waals surface area contributed by atoms with E-state index in [1.165, 1.54) is 0 Å². The monoisotopic (exact) mass is 274 g/mol. The van der Waals surface area contributed by atoms with Crippen LogP contribution in [0.25, 0.3) is 0 Å². The summed E-state index contributed by atoms with van der Waals surface area (Å²) in [5, 5.41) is 8.34. The Morgan fingerprint density at radius 1 is 1.11 bits per heavy atom. The molecule has 1 aromatic rings. The van der Waals surface area contributed by atoms with Gasteiger partial charge in [-0.05, 0) is 12.1 Å². The van der Waals surface area contributed by atoms with E-state index in [1.807, 2.05) is 0 Å². The van der Waals surface area contributed by atoms with Crippen LogP contribution >= 0.6 is 0 Å². The van der Waals surface area contributed by atoms with Crippen LogP contribution in [0.5, 0.6) is 0 Å². The predicted molar refractivity (Wildman–Crippen MR) is 57.7 cm³/mol. The lowest BCUT2D eigenvalue weighted by molar-refractivity contribution is -0.140. The summed E-state index contributed by atoms with van der Waals surface area (Å²) in [5.74, 6) is -3.07. The molecule has 1 rings (SSSR count). The SMILES string of the molecule is O=C(O)CC(=O)CC(=O)c1cccc(C(F)(F)F)c1. The summed E-state index contributed by atoms with van der Waals surface area (Å²) in [4.78, 5) is 32.9. The van der Waals surface area contributed by atoms with E-state index in [0.717, 1.165) is 18.2 Å². The highest BCUT2D eigenvalue weighted by Gasteiger charge is 2.31. The van der Waals surface area contributed by atoms with Gasteiger partial charge in [0.25, 0.3) is 0 Å². The smallest absolute Gasteiger partial charge is 0.416 e. The van der Waals surface area contributed by atoms with Crippen molar-refractivity contribution in [2.24, 2.45) is 0 Å². The van der Waals surface area contributed by atoms with Crippen molar-refractivity contribution in [3.63, 3.8) is 0 Å². The normalized spacial score (nSPS) is 11.1. The number of ketones is 2. The lowest BCUT2D eigenvalue weighted by atomic mass is 10.0. The fourth-order valence-electron chi connectivity index (χ4n) is 1.38. The molecule has 0 heterocycles. The van der Waals surface area contributed by atoms with Crippen LogP contribution in [0.2, 0.25) is 0 Å². The maximum atomic E-state index is 12.4. The van der Waals surface area contributed by atoms with E-state index >= 15 is 0 Å². The Morgan fingerprint density at radius 3 is 2.26 bits per heavy atom. The third-order valence-corrected chi connectivity index (χ3v) is 2.22. The molecule has 0 radical (unpaired) electrons. The van der Waals surface area contributed by atoms with Crippen molar-refractivity contribution >= 4 is 17.5 Å². The highest BCUT2D eigenvalue weighted by molar-refractivity contribution is 6.11. The van der Waals surface area contributed by atoms with Crippen LogP contribution in [0.4, 0.5) is 13.2 Å². The summed E-state index contributed by atoms with van der Waals surface area (Å²) in [6.45, 7) is 0. The number of alkyl halides is 3. The Labute approximate surface area is 105 Å². The summed E-state index contributed by atoms with van der Waals surface area (Å²) in [7, 11) is 0. The van der Waals surface area contributed by atoms with Crippen LogP contribution in [-0.2, 0) is 15.8 Å². The summed E-state index contributed by atoms with van der Waals surface area (Å²) in [6, 6.07) is 3.63. The number of hydrogen-bond acceptors (Lipinski definition) is 3. The number of carboxylic acids is 1. The molecule has 0 aromatic heterocycles. The number of carbonyl (C=O) groups is 3. The standard InChI is InChI=1S/C12H9F3O4/c13-12(14,15)8-3-1-2-7(4-8)10(17)5-9(16)6-11(18)19/h1-4H,5-6H2,(H,18,19). The molecular weight excluding hydrogens is 265 g/mol. The molecule has 0 spiro atoms.